The lowest BCUT2D eigenvalue weighted by atomic mass is 10.3. The Morgan fingerprint density at radius 3 is 2.33 bits per heavy atom. The summed E-state index contributed by atoms with van der Waals surface area (Å²) < 4.78 is 0.0656. The summed E-state index contributed by atoms with van der Waals surface area (Å²) in [6, 6.07) is 0. The first-order valence-electron chi connectivity index (χ1n) is 3.74. The maximum absolute atomic E-state index is 11.3. The van der Waals surface area contributed by atoms with Crippen LogP contribution in [0.5, 0.6) is 0 Å². The van der Waals surface area contributed by atoms with E-state index in [1.165, 1.54) is 0 Å². The van der Waals surface area contributed by atoms with E-state index in [2.05, 4.69) is 6.58 Å². The van der Waals surface area contributed by atoms with Crippen LogP contribution < -0.4 is 0 Å². The second-order valence-electron chi connectivity index (χ2n) is 3.27. The Hall–Kier alpha value is -0.870. The summed E-state index contributed by atoms with van der Waals surface area (Å²) in [4.78, 5) is 11.3. The Balaban J connectivity index is 4.15. The number of aliphatic hydroxyl groups excluding tert-OH is 2. The molecule has 0 spiro atoms. The van der Waals surface area contributed by atoms with Crippen LogP contribution in [-0.2, 0) is 4.79 Å². The highest BCUT2D eigenvalue weighted by atomic mass is 16.3. The smallest absolute Gasteiger partial charge is 0.320 e. The first-order valence-corrected chi connectivity index (χ1v) is 3.74. The third-order valence-corrected chi connectivity index (χ3v) is 1.69. The van der Waals surface area contributed by atoms with Gasteiger partial charge in [-0.15, -0.1) is 0 Å². The van der Waals surface area contributed by atoms with E-state index in [0.717, 1.165) is 0 Å². The van der Waals surface area contributed by atoms with Crippen molar-refractivity contribution in [1.29, 1.82) is 0 Å². The Kier molecular flexibility index (Phi) is 3.92. The number of likely N-dealkylation sites (N-methyl/N-ethyl adjacent to an activating group) is 1. The van der Waals surface area contributed by atoms with Crippen LogP contribution in [0.3, 0.4) is 0 Å². The minimum atomic E-state index is -0.156. The van der Waals surface area contributed by atoms with Crippen LogP contribution in [-0.4, -0.2) is 47.9 Å². The highest BCUT2D eigenvalue weighted by molar-refractivity contribution is 5.71. The molecule has 4 nitrogen and oxygen atoms in total. The molecule has 12 heavy (non-hydrogen) atoms. The lowest BCUT2D eigenvalue weighted by Gasteiger charge is -2.25. The molecule has 0 aliphatic rings. The van der Waals surface area contributed by atoms with Crippen molar-refractivity contribution in [2.45, 2.75) is 6.42 Å². The molecule has 0 fully saturated rings. The van der Waals surface area contributed by atoms with Crippen molar-refractivity contribution in [2.24, 2.45) is 0 Å². The zero-order valence-electron chi connectivity index (χ0n) is 7.58. The van der Waals surface area contributed by atoms with Gasteiger partial charge in [-0.25, -0.2) is 4.79 Å². The average molecular weight is 174 g/mol. The van der Waals surface area contributed by atoms with Gasteiger partial charge in [-0.3, -0.25) is 4.48 Å². The second kappa shape index (κ2) is 4.23. The van der Waals surface area contributed by atoms with Crippen LogP contribution in [0.15, 0.2) is 12.3 Å². The number of carbonyl (C=O) groups is 1. The van der Waals surface area contributed by atoms with Gasteiger partial charge < -0.3 is 10.2 Å². The molecule has 0 heterocycles. The molecule has 4 heteroatoms. The van der Waals surface area contributed by atoms with Crippen LogP contribution in [0.2, 0.25) is 0 Å². The zero-order valence-corrected chi connectivity index (χ0v) is 7.58. The molecule has 0 atom stereocenters. The third kappa shape index (κ3) is 3.50. The van der Waals surface area contributed by atoms with Crippen molar-refractivity contribution in [3.8, 4) is 0 Å². The molecule has 1 amide bonds. The van der Waals surface area contributed by atoms with Gasteiger partial charge in [-0.1, -0.05) is 6.58 Å². The predicted molar refractivity (Wildman–Crippen MR) is 45.5 cm³/mol. The van der Waals surface area contributed by atoms with Crippen molar-refractivity contribution in [2.75, 3.05) is 27.2 Å². The number of quaternary nitrogens is 1. The summed E-state index contributed by atoms with van der Waals surface area (Å²) in [7, 11) is 3.36. The minimum absolute atomic E-state index is 0.0450. The minimum Gasteiger partial charge on any atom is -0.512 e. The van der Waals surface area contributed by atoms with Gasteiger partial charge in [0, 0.05) is 0 Å². The van der Waals surface area contributed by atoms with Gasteiger partial charge in [-0.05, 0) is 0 Å². The molecule has 2 N–H and O–H groups in total. The van der Waals surface area contributed by atoms with Gasteiger partial charge in [0.25, 0.3) is 0 Å². The highest BCUT2D eigenvalue weighted by Crippen LogP contribution is 2.04. The van der Waals surface area contributed by atoms with E-state index in [1.807, 2.05) is 0 Å². The van der Waals surface area contributed by atoms with Gasteiger partial charge in [0.1, 0.15) is 13.0 Å². The van der Waals surface area contributed by atoms with Crippen molar-refractivity contribution < 1.29 is 19.5 Å². The number of hydrogen-bond acceptors (Lipinski definition) is 3. The molecule has 0 aliphatic carbocycles. The van der Waals surface area contributed by atoms with Crippen molar-refractivity contribution in [1.82, 2.24) is 0 Å². The monoisotopic (exact) mass is 174 g/mol. The van der Waals surface area contributed by atoms with E-state index in [4.69, 9.17) is 10.2 Å². The molecule has 0 radical (unpaired) electrons. The standard InChI is InChI=1S/C8H15NO3/c1-7(11)6-8(12)9(2,3)4-5-10/h10H,1,4-6H2,2-3H3/p+1. The Bertz CT molecular complexity index is 187. The van der Waals surface area contributed by atoms with Crippen LogP contribution in [0.1, 0.15) is 6.42 Å². The number of hydrogen-bond donors (Lipinski definition) is 2. The lowest BCUT2D eigenvalue weighted by Crippen LogP contribution is -2.47. The van der Waals surface area contributed by atoms with Crippen molar-refractivity contribution >= 4 is 5.91 Å². The molecule has 0 aromatic carbocycles. The molecular formula is C8H16NO3+. The first kappa shape index (κ1) is 11.1. The lowest BCUT2D eigenvalue weighted by molar-refractivity contribution is -0.814. The topological polar surface area (TPSA) is 57.5 Å². The summed E-state index contributed by atoms with van der Waals surface area (Å²) in [5, 5.41) is 17.4. The van der Waals surface area contributed by atoms with E-state index in [0.29, 0.717) is 6.54 Å². The number of amides is 1. The van der Waals surface area contributed by atoms with Crippen molar-refractivity contribution in [3.05, 3.63) is 12.3 Å². The fraction of sp³-hybridized carbons (Fsp3) is 0.625. The molecule has 0 rings (SSSR count). The Morgan fingerprint density at radius 1 is 1.50 bits per heavy atom. The Morgan fingerprint density at radius 2 is 2.00 bits per heavy atom. The highest BCUT2D eigenvalue weighted by Gasteiger charge is 2.25. The van der Waals surface area contributed by atoms with Crippen LogP contribution in [0.25, 0.3) is 0 Å². The van der Waals surface area contributed by atoms with Gasteiger partial charge in [0.2, 0.25) is 0 Å². The normalized spacial score (nSPS) is 11.2. The summed E-state index contributed by atoms with van der Waals surface area (Å²) in [5.41, 5.74) is 0. The van der Waals surface area contributed by atoms with Gasteiger partial charge in [0.15, 0.2) is 0 Å². The van der Waals surface area contributed by atoms with Gasteiger partial charge >= 0.3 is 5.91 Å². The molecule has 0 saturated carbocycles. The van der Waals surface area contributed by atoms with E-state index in [1.54, 1.807) is 14.1 Å². The van der Waals surface area contributed by atoms with Crippen LogP contribution in [0.4, 0.5) is 0 Å². The quantitative estimate of drug-likeness (QED) is 0.467. The van der Waals surface area contributed by atoms with Crippen molar-refractivity contribution in [3.63, 3.8) is 0 Å². The molecule has 70 valence electrons. The van der Waals surface area contributed by atoms with E-state index >= 15 is 0 Å². The number of aliphatic hydroxyl groups is 2. The maximum atomic E-state index is 11.3. The molecule has 0 bridgehead atoms. The molecule has 0 aromatic heterocycles. The predicted octanol–water partition coefficient (Wildman–Crippen LogP) is 0.0435. The maximum Gasteiger partial charge on any atom is 0.320 e. The van der Waals surface area contributed by atoms with Gasteiger partial charge in [0.05, 0.1) is 26.5 Å². The van der Waals surface area contributed by atoms with E-state index < -0.39 is 0 Å². The molecule has 0 saturated heterocycles. The summed E-state index contributed by atoms with van der Waals surface area (Å²) in [5.74, 6) is -0.291. The largest absolute Gasteiger partial charge is 0.512 e. The van der Waals surface area contributed by atoms with Crippen LogP contribution >= 0.6 is 0 Å². The van der Waals surface area contributed by atoms with E-state index in [9.17, 15) is 4.79 Å². The third-order valence-electron chi connectivity index (χ3n) is 1.69. The second-order valence-corrected chi connectivity index (χ2v) is 3.27. The summed E-state index contributed by atoms with van der Waals surface area (Å²) in [6.45, 7) is 3.54. The number of rotatable bonds is 4. The SMILES string of the molecule is C=C(O)CC(=O)[N+](C)(C)CCO. The molecule has 0 aliphatic heterocycles. The first-order chi connectivity index (χ1) is 5.40. The fourth-order valence-electron chi connectivity index (χ4n) is 0.763. The number of carbonyl (C=O) groups excluding carboxylic acids is 1. The zero-order chi connectivity index (χ0) is 9.78. The van der Waals surface area contributed by atoms with Crippen LogP contribution in [0, 0.1) is 0 Å². The average Bonchev–Trinajstić information content (AvgIpc) is 1.85. The Labute approximate surface area is 72.3 Å². The molecule has 0 aromatic rings. The fourth-order valence-corrected chi connectivity index (χ4v) is 0.763. The van der Waals surface area contributed by atoms with Gasteiger partial charge in [-0.2, -0.15) is 0 Å². The summed E-state index contributed by atoms with van der Waals surface area (Å²) >= 11 is 0. The molecule has 0 unspecified atom stereocenters. The number of nitrogens with zero attached hydrogens (tertiary/aromatic N) is 1. The van der Waals surface area contributed by atoms with E-state index in [-0.39, 0.29) is 29.2 Å². The summed E-state index contributed by atoms with van der Waals surface area (Å²) in [6.07, 6.45) is -0.0486. The molecular weight excluding hydrogens is 158 g/mol.